The van der Waals surface area contributed by atoms with E-state index in [4.69, 9.17) is 4.74 Å². The number of hydrogen-bond acceptors (Lipinski definition) is 4. The summed E-state index contributed by atoms with van der Waals surface area (Å²) in [7, 11) is 3.50. The molecule has 0 radical (unpaired) electrons. The van der Waals surface area contributed by atoms with Crippen molar-refractivity contribution < 1.29 is 9.53 Å². The summed E-state index contributed by atoms with van der Waals surface area (Å²) >= 11 is 0. The number of likely N-dealkylation sites (N-methyl/N-ethyl adjacent to an activating group) is 1. The second kappa shape index (κ2) is 12.1. The summed E-state index contributed by atoms with van der Waals surface area (Å²) in [4.78, 5) is 20.4. The molecule has 1 saturated heterocycles. The van der Waals surface area contributed by atoms with Crippen molar-refractivity contribution in [1.82, 2.24) is 20.4 Å². The molecule has 0 aromatic carbocycles. The predicted octanol–water partition coefficient (Wildman–Crippen LogP) is 1.30. The van der Waals surface area contributed by atoms with Crippen LogP contribution in [0.4, 0.5) is 0 Å². The standard InChI is InChI=1S/C19H39N5O2/c1-6-26-14-10-11-20-18(21-15-17(25)23(4)5)22-16-19(2,3)24-12-8-7-9-13-24/h6-16H2,1-5H3,(H2,20,21,22). The molecule has 7 heteroatoms. The van der Waals surface area contributed by atoms with Gasteiger partial charge < -0.3 is 20.3 Å². The van der Waals surface area contributed by atoms with Crippen LogP contribution in [0.2, 0.25) is 0 Å². The Kier molecular flexibility index (Phi) is 10.6. The van der Waals surface area contributed by atoms with Crippen molar-refractivity contribution in [3.63, 3.8) is 0 Å². The Morgan fingerprint density at radius 1 is 1.19 bits per heavy atom. The number of nitrogens with one attached hydrogen (secondary N) is 2. The van der Waals surface area contributed by atoms with Crippen LogP contribution in [0.25, 0.3) is 0 Å². The topological polar surface area (TPSA) is 69.2 Å². The highest BCUT2D eigenvalue weighted by molar-refractivity contribution is 5.84. The normalized spacial score (nSPS) is 16.4. The van der Waals surface area contributed by atoms with E-state index in [1.807, 2.05) is 6.92 Å². The lowest BCUT2D eigenvalue weighted by Crippen LogP contribution is -2.55. The Bertz CT molecular complexity index is 432. The number of aliphatic imine (C=N–C) groups is 1. The summed E-state index contributed by atoms with van der Waals surface area (Å²) in [5, 5.41) is 6.75. The quantitative estimate of drug-likeness (QED) is 0.345. The van der Waals surface area contributed by atoms with Crippen LogP contribution in [0.5, 0.6) is 0 Å². The molecule has 7 nitrogen and oxygen atoms in total. The van der Waals surface area contributed by atoms with E-state index in [-0.39, 0.29) is 18.0 Å². The maximum atomic E-state index is 11.8. The van der Waals surface area contributed by atoms with Crippen LogP contribution in [0.15, 0.2) is 4.99 Å². The van der Waals surface area contributed by atoms with Gasteiger partial charge in [-0.1, -0.05) is 6.42 Å². The first-order valence-electron chi connectivity index (χ1n) is 9.92. The van der Waals surface area contributed by atoms with Crippen molar-refractivity contribution >= 4 is 11.9 Å². The fraction of sp³-hybridized carbons (Fsp3) is 0.895. The summed E-state index contributed by atoms with van der Waals surface area (Å²) in [5.74, 6) is 0.692. The van der Waals surface area contributed by atoms with Gasteiger partial charge in [0.2, 0.25) is 5.91 Å². The van der Waals surface area contributed by atoms with E-state index in [0.29, 0.717) is 5.96 Å². The first-order valence-corrected chi connectivity index (χ1v) is 9.92. The molecule has 1 heterocycles. The molecule has 0 spiro atoms. The summed E-state index contributed by atoms with van der Waals surface area (Å²) in [6, 6.07) is 0. The first-order chi connectivity index (χ1) is 12.4. The molecule has 2 N–H and O–H groups in total. The molecule has 0 saturated carbocycles. The maximum absolute atomic E-state index is 11.8. The summed E-state index contributed by atoms with van der Waals surface area (Å²) < 4.78 is 5.37. The predicted molar refractivity (Wildman–Crippen MR) is 108 cm³/mol. The summed E-state index contributed by atoms with van der Waals surface area (Å²) in [6.45, 7) is 12.0. The van der Waals surface area contributed by atoms with Gasteiger partial charge in [-0.05, 0) is 53.1 Å². The van der Waals surface area contributed by atoms with E-state index < -0.39 is 0 Å². The van der Waals surface area contributed by atoms with E-state index in [9.17, 15) is 4.79 Å². The molecular weight excluding hydrogens is 330 g/mol. The second-order valence-corrected chi connectivity index (χ2v) is 7.64. The Hall–Kier alpha value is -1.34. The molecule has 26 heavy (non-hydrogen) atoms. The summed E-state index contributed by atoms with van der Waals surface area (Å²) in [6.07, 6.45) is 4.79. The molecule has 0 aromatic heterocycles. The molecule has 0 bridgehead atoms. The Morgan fingerprint density at radius 3 is 2.50 bits per heavy atom. The number of hydrogen-bond donors (Lipinski definition) is 2. The molecule has 1 rings (SSSR count). The molecule has 0 aliphatic carbocycles. The van der Waals surface area contributed by atoms with E-state index in [1.165, 1.54) is 19.3 Å². The summed E-state index contributed by atoms with van der Waals surface area (Å²) in [5.41, 5.74) is 0.0553. The largest absolute Gasteiger partial charge is 0.382 e. The van der Waals surface area contributed by atoms with Gasteiger partial charge in [0.1, 0.15) is 6.54 Å². The molecule has 1 fully saturated rings. The van der Waals surface area contributed by atoms with Gasteiger partial charge in [0, 0.05) is 45.9 Å². The van der Waals surface area contributed by atoms with Crippen molar-refractivity contribution in [3.05, 3.63) is 0 Å². The minimum absolute atomic E-state index is 0.00397. The number of piperidine rings is 1. The molecule has 1 amide bonds. The molecule has 0 unspecified atom stereocenters. The SMILES string of the molecule is CCOCCCNC(=NCC(=O)N(C)C)NCC(C)(C)N1CCCCC1. The van der Waals surface area contributed by atoms with Gasteiger partial charge >= 0.3 is 0 Å². The van der Waals surface area contributed by atoms with Gasteiger partial charge in [-0.15, -0.1) is 0 Å². The third-order valence-corrected chi connectivity index (χ3v) is 4.73. The number of ether oxygens (including phenoxy) is 1. The number of carbonyl (C=O) groups excluding carboxylic acids is 1. The molecular formula is C19H39N5O2. The van der Waals surface area contributed by atoms with Crippen molar-refractivity contribution in [2.45, 2.75) is 52.0 Å². The smallest absolute Gasteiger partial charge is 0.243 e. The third kappa shape index (κ3) is 8.85. The number of carbonyl (C=O) groups is 1. The highest BCUT2D eigenvalue weighted by Crippen LogP contribution is 2.19. The second-order valence-electron chi connectivity index (χ2n) is 7.64. The van der Waals surface area contributed by atoms with Gasteiger partial charge in [-0.2, -0.15) is 0 Å². The van der Waals surface area contributed by atoms with Gasteiger partial charge in [0.25, 0.3) is 0 Å². The Morgan fingerprint density at radius 2 is 1.88 bits per heavy atom. The molecule has 152 valence electrons. The number of nitrogens with zero attached hydrogens (tertiary/aromatic N) is 3. The first kappa shape index (κ1) is 22.7. The van der Waals surface area contributed by atoms with Crippen LogP contribution in [-0.4, -0.2) is 87.2 Å². The monoisotopic (exact) mass is 369 g/mol. The Labute approximate surface area is 159 Å². The molecule has 1 aliphatic heterocycles. The third-order valence-electron chi connectivity index (χ3n) is 4.73. The van der Waals surface area contributed by atoms with Crippen LogP contribution in [-0.2, 0) is 9.53 Å². The fourth-order valence-corrected chi connectivity index (χ4v) is 2.90. The average Bonchev–Trinajstić information content (AvgIpc) is 2.63. The highest BCUT2D eigenvalue weighted by Gasteiger charge is 2.27. The van der Waals surface area contributed by atoms with Crippen molar-refractivity contribution in [3.8, 4) is 0 Å². The lowest BCUT2D eigenvalue weighted by molar-refractivity contribution is -0.127. The number of amides is 1. The zero-order valence-corrected chi connectivity index (χ0v) is 17.4. The van der Waals surface area contributed by atoms with Crippen LogP contribution >= 0.6 is 0 Å². The molecule has 0 atom stereocenters. The van der Waals surface area contributed by atoms with Crippen LogP contribution in [0.1, 0.15) is 46.5 Å². The fourth-order valence-electron chi connectivity index (χ4n) is 2.90. The highest BCUT2D eigenvalue weighted by atomic mass is 16.5. The van der Waals surface area contributed by atoms with Gasteiger partial charge in [-0.3, -0.25) is 9.69 Å². The minimum Gasteiger partial charge on any atom is -0.382 e. The van der Waals surface area contributed by atoms with Crippen LogP contribution in [0, 0.1) is 0 Å². The Balaban J connectivity index is 2.55. The zero-order chi connectivity index (χ0) is 19.4. The average molecular weight is 370 g/mol. The minimum atomic E-state index is -0.00397. The van der Waals surface area contributed by atoms with E-state index in [1.54, 1.807) is 19.0 Å². The van der Waals surface area contributed by atoms with E-state index in [0.717, 1.165) is 45.8 Å². The zero-order valence-electron chi connectivity index (χ0n) is 17.4. The maximum Gasteiger partial charge on any atom is 0.243 e. The van der Waals surface area contributed by atoms with Crippen molar-refractivity contribution in [1.29, 1.82) is 0 Å². The van der Waals surface area contributed by atoms with Crippen LogP contribution < -0.4 is 10.6 Å². The lowest BCUT2D eigenvalue weighted by atomic mass is 9.98. The van der Waals surface area contributed by atoms with Gasteiger partial charge in [0.05, 0.1) is 0 Å². The number of rotatable bonds is 10. The molecule has 1 aliphatic rings. The number of guanidine groups is 1. The van der Waals surface area contributed by atoms with Crippen LogP contribution in [0.3, 0.4) is 0 Å². The number of likely N-dealkylation sites (tertiary alicyclic amines) is 1. The molecule has 0 aromatic rings. The lowest BCUT2D eigenvalue weighted by Gasteiger charge is -2.41. The van der Waals surface area contributed by atoms with Crippen molar-refractivity contribution in [2.24, 2.45) is 4.99 Å². The van der Waals surface area contributed by atoms with E-state index in [2.05, 4.69) is 34.4 Å². The van der Waals surface area contributed by atoms with Gasteiger partial charge in [0.15, 0.2) is 5.96 Å². The van der Waals surface area contributed by atoms with E-state index >= 15 is 0 Å². The van der Waals surface area contributed by atoms with Crippen molar-refractivity contribution in [2.75, 3.05) is 60.0 Å². The van der Waals surface area contributed by atoms with Gasteiger partial charge in [-0.25, -0.2) is 4.99 Å².